The Morgan fingerprint density at radius 2 is 1.70 bits per heavy atom. The molecule has 5 nitrogen and oxygen atoms in total. The SMILES string of the molecule is N#Cc1c(N)nc(N)nc1-c1cccc(C(F)(F)C(F)(F)F)c1. The summed E-state index contributed by atoms with van der Waals surface area (Å²) in [6, 6.07) is 5.06. The zero-order valence-electron chi connectivity index (χ0n) is 11.2. The third-order valence-corrected chi connectivity index (χ3v) is 2.92. The van der Waals surface area contributed by atoms with Crippen LogP contribution in [0.2, 0.25) is 0 Å². The summed E-state index contributed by atoms with van der Waals surface area (Å²) in [6.07, 6.45) is -5.76. The summed E-state index contributed by atoms with van der Waals surface area (Å²) in [7, 11) is 0. The van der Waals surface area contributed by atoms with Crippen LogP contribution in [0.5, 0.6) is 0 Å². The molecule has 1 aromatic heterocycles. The van der Waals surface area contributed by atoms with Crippen molar-refractivity contribution in [2.75, 3.05) is 11.5 Å². The Balaban J connectivity index is 2.66. The molecule has 120 valence electrons. The van der Waals surface area contributed by atoms with E-state index in [1.807, 2.05) is 0 Å². The van der Waals surface area contributed by atoms with E-state index in [9.17, 15) is 22.0 Å². The van der Waals surface area contributed by atoms with Gasteiger partial charge >= 0.3 is 12.1 Å². The lowest BCUT2D eigenvalue weighted by atomic mass is 10.0. The average Bonchev–Trinajstić information content (AvgIpc) is 2.45. The molecule has 0 spiro atoms. The second-order valence-corrected chi connectivity index (χ2v) is 4.46. The zero-order chi connectivity index (χ0) is 17.4. The van der Waals surface area contributed by atoms with Gasteiger partial charge in [0.1, 0.15) is 17.5 Å². The topological polar surface area (TPSA) is 102 Å². The third kappa shape index (κ3) is 2.85. The maximum absolute atomic E-state index is 13.4. The first-order valence-corrected chi connectivity index (χ1v) is 5.96. The van der Waals surface area contributed by atoms with Gasteiger partial charge in [-0.2, -0.15) is 32.2 Å². The molecular formula is C13H8F5N5. The molecule has 0 saturated carbocycles. The van der Waals surface area contributed by atoms with E-state index in [0.29, 0.717) is 12.1 Å². The van der Waals surface area contributed by atoms with Gasteiger partial charge < -0.3 is 11.5 Å². The van der Waals surface area contributed by atoms with Gasteiger partial charge in [-0.3, -0.25) is 0 Å². The highest BCUT2D eigenvalue weighted by molar-refractivity contribution is 5.73. The Kier molecular flexibility index (Phi) is 3.82. The molecule has 23 heavy (non-hydrogen) atoms. The highest BCUT2D eigenvalue weighted by atomic mass is 19.4. The number of benzene rings is 1. The first-order chi connectivity index (χ1) is 10.6. The quantitative estimate of drug-likeness (QED) is 0.825. The molecule has 2 aromatic rings. The molecule has 0 fully saturated rings. The van der Waals surface area contributed by atoms with Gasteiger partial charge in [0.2, 0.25) is 5.95 Å². The van der Waals surface area contributed by atoms with Crippen LogP contribution in [0, 0.1) is 11.3 Å². The van der Waals surface area contributed by atoms with Crippen LogP contribution >= 0.6 is 0 Å². The van der Waals surface area contributed by atoms with Crippen LogP contribution in [0.1, 0.15) is 11.1 Å². The fourth-order valence-corrected chi connectivity index (χ4v) is 1.84. The van der Waals surface area contributed by atoms with E-state index >= 15 is 0 Å². The molecular weight excluding hydrogens is 321 g/mol. The van der Waals surface area contributed by atoms with Gasteiger partial charge in [-0.1, -0.05) is 18.2 Å². The van der Waals surface area contributed by atoms with E-state index in [1.54, 1.807) is 6.07 Å². The van der Waals surface area contributed by atoms with Crippen molar-refractivity contribution in [3.63, 3.8) is 0 Å². The molecule has 0 saturated heterocycles. The van der Waals surface area contributed by atoms with Crippen molar-refractivity contribution < 1.29 is 22.0 Å². The van der Waals surface area contributed by atoms with Crippen LogP contribution in [0.25, 0.3) is 11.3 Å². The number of alkyl halides is 5. The number of hydrogen-bond acceptors (Lipinski definition) is 5. The summed E-state index contributed by atoms with van der Waals surface area (Å²) in [6.45, 7) is 0. The van der Waals surface area contributed by atoms with E-state index < -0.39 is 17.7 Å². The molecule has 0 aliphatic carbocycles. The number of rotatable bonds is 2. The Morgan fingerprint density at radius 3 is 2.26 bits per heavy atom. The molecule has 4 N–H and O–H groups in total. The van der Waals surface area contributed by atoms with Crippen LogP contribution in [0.15, 0.2) is 24.3 Å². The summed E-state index contributed by atoms with van der Waals surface area (Å²) in [5, 5.41) is 9.03. The van der Waals surface area contributed by atoms with Gasteiger partial charge in [0, 0.05) is 11.1 Å². The number of nitrogen functional groups attached to an aromatic ring is 2. The van der Waals surface area contributed by atoms with E-state index in [4.69, 9.17) is 16.7 Å². The van der Waals surface area contributed by atoms with Crippen molar-refractivity contribution in [2.45, 2.75) is 12.1 Å². The highest BCUT2D eigenvalue weighted by Gasteiger charge is 2.58. The molecule has 1 heterocycles. The fourth-order valence-electron chi connectivity index (χ4n) is 1.84. The van der Waals surface area contributed by atoms with E-state index in [1.165, 1.54) is 6.07 Å². The van der Waals surface area contributed by atoms with Crippen LogP contribution in [0.3, 0.4) is 0 Å². The van der Waals surface area contributed by atoms with Gasteiger partial charge in [-0.05, 0) is 6.07 Å². The van der Waals surface area contributed by atoms with Crippen molar-refractivity contribution in [2.24, 2.45) is 0 Å². The fraction of sp³-hybridized carbons (Fsp3) is 0.154. The highest BCUT2D eigenvalue weighted by Crippen LogP contribution is 2.44. The lowest BCUT2D eigenvalue weighted by Gasteiger charge is -2.20. The van der Waals surface area contributed by atoms with Gasteiger partial charge in [-0.15, -0.1) is 0 Å². The second-order valence-electron chi connectivity index (χ2n) is 4.46. The summed E-state index contributed by atoms with van der Waals surface area (Å²) >= 11 is 0. The lowest BCUT2D eigenvalue weighted by Crippen LogP contribution is -2.33. The van der Waals surface area contributed by atoms with Crippen molar-refractivity contribution >= 4 is 11.8 Å². The van der Waals surface area contributed by atoms with E-state index in [-0.39, 0.29) is 28.6 Å². The standard InChI is InChI=1S/C13H8F5N5/c14-12(15,13(16,17)18)7-3-1-2-6(4-7)9-8(5-19)10(20)23-11(21)22-9/h1-4H,(H4,20,21,22,23). The number of halogens is 5. The summed E-state index contributed by atoms with van der Waals surface area (Å²) < 4.78 is 64.2. The predicted octanol–water partition coefficient (Wildman–Crippen LogP) is 2.83. The molecule has 0 unspecified atom stereocenters. The maximum Gasteiger partial charge on any atom is 0.458 e. The molecule has 0 radical (unpaired) electrons. The normalized spacial score (nSPS) is 12.0. The van der Waals surface area contributed by atoms with Crippen LogP contribution in [0.4, 0.5) is 33.7 Å². The lowest BCUT2D eigenvalue weighted by molar-refractivity contribution is -0.289. The maximum atomic E-state index is 13.4. The van der Waals surface area contributed by atoms with Crippen molar-refractivity contribution in [3.8, 4) is 17.3 Å². The van der Waals surface area contributed by atoms with Crippen LogP contribution < -0.4 is 11.5 Å². The Morgan fingerprint density at radius 1 is 1.04 bits per heavy atom. The molecule has 2 rings (SSSR count). The molecule has 0 amide bonds. The number of hydrogen-bond donors (Lipinski definition) is 2. The number of nitrogens with two attached hydrogens (primary N) is 2. The van der Waals surface area contributed by atoms with Gasteiger partial charge in [0.05, 0.1) is 5.69 Å². The van der Waals surface area contributed by atoms with Crippen LogP contribution in [-0.2, 0) is 5.92 Å². The Labute approximate surface area is 126 Å². The Bertz CT molecular complexity index is 794. The minimum absolute atomic E-state index is 0.163. The van der Waals surface area contributed by atoms with Crippen LogP contribution in [-0.4, -0.2) is 16.1 Å². The Hall–Kier alpha value is -2.96. The number of aromatic nitrogens is 2. The summed E-state index contributed by atoms with van der Waals surface area (Å²) in [4.78, 5) is 7.23. The molecule has 0 atom stereocenters. The monoisotopic (exact) mass is 329 g/mol. The number of anilines is 2. The van der Waals surface area contributed by atoms with Gasteiger partial charge in [0.25, 0.3) is 0 Å². The number of nitrogens with zero attached hydrogens (tertiary/aromatic N) is 3. The van der Waals surface area contributed by atoms with E-state index in [0.717, 1.165) is 6.07 Å². The molecule has 10 heteroatoms. The molecule has 0 aliphatic heterocycles. The first kappa shape index (κ1) is 16.4. The first-order valence-electron chi connectivity index (χ1n) is 5.96. The molecule has 0 bridgehead atoms. The second kappa shape index (κ2) is 5.35. The van der Waals surface area contributed by atoms with E-state index in [2.05, 4.69) is 9.97 Å². The molecule has 0 aliphatic rings. The molecule has 1 aromatic carbocycles. The number of nitriles is 1. The average molecular weight is 329 g/mol. The van der Waals surface area contributed by atoms with Crippen molar-refractivity contribution in [1.29, 1.82) is 5.26 Å². The van der Waals surface area contributed by atoms with Gasteiger partial charge in [0.15, 0.2) is 0 Å². The summed E-state index contributed by atoms with van der Waals surface area (Å²) in [5.74, 6) is -5.70. The van der Waals surface area contributed by atoms with Crippen molar-refractivity contribution in [3.05, 3.63) is 35.4 Å². The van der Waals surface area contributed by atoms with Crippen molar-refractivity contribution in [1.82, 2.24) is 9.97 Å². The minimum atomic E-state index is -5.76. The third-order valence-electron chi connectivity index (χ3n) is 2.92. The van der Waals surface area contributed by atoms with Gasteiger partial charge in [-0.25, -0.2) is 4.98 Å². The smallest absolute Gasteiger partial charge is 0.382 e. The minimum Gasteiger partial charge on any atom is -0.382 e. The largest absolute Gasteiger partial charge is 0.458 e. The summed E-state index contributed by atoms with van der Waals surface area (Å²) in [5.41, 5.74) is 8.91. The zero-order valence-corrected chi connectivity index (χ0v) is 11.2. The predicted molar refractivity (Wildman–Crippen MR) is 71.0 cm³/mol.